The van der Waals surface area contributed by atoms with E-state index >= 15 is 0 Å². The second kappa shape index (κ2) is 12.5. The third kappa shape index (κ3) is 7.32. The smallest absolute Gasteiger partial charge is 0.347 e. The SMILES string of the molecule is Cc1ccccc1S(=O)(=O)Nc1ccc(C(=O)Oc2cc(NS(=O)(=O)c3c(C)cc(C(C)(C)C)cc3C)ccc2C(=O)O)c(O)c1. The van der Waals surface area contributed by atoms with Gasteiger partial charge < -0.3 is 14.9 Å². The molecule has 0 aromatic heterocycles. The number of carboxylic acid groups (broad SMARTS) is 1. The largest absolute Gasteiger partial charge is 0.507 e. The fourth-order valence-electron chi connectivity index (χ4n) is 4.85. The van der Waals surface area contributed by atoms with Gasteiger partial charge in [-0.2, -0.15) is 0 Å². The molecule has 0 fully saturated rings. The van der Waals surface area contributed by atoms with Gasteiger partial charge in [-0.25, -0.2) is 26.4 Å². The molecule has 4 aromatic rings. The van der Waals surface area contributed by atoms with Crippen molar-refractivity contribution in [3.05, 3.63) is 106 Å². The lowest BCUT2D eigenvalue weighted by Crippen LogP contribution is -2.19. The Morgan fingerprint density at radius 2 is 1.26 bits per heavy atom. The van der Waals surface area contributed by atoms with E-state index in [1.165, 1.54) is 18.2 Å². The lowest BCUT2D eigenvalue weighted by atomic mass is 9.85. The summed E-state index contributed by atoms with van der Waals surface area (Å²) in [5, 5.41) is 20.2. The van der Waals surface area contributed by atoms with Crippen LogP contribution in [-0.2, 0) is 25.5 Å². The van der Waals surface area contributed by atoms with E-state index in [-0.39, 0.29) is 26.6 Å². The maximum atomic E-state index is 13.4. The number of carboxylic acids is 1. The van der Waals surface area contributed by atoms with Crippen molar-refractivity contribution in [3.63, 3.8) is 0 Å². The van der Waals surface area contributed by atoms with Crippen LogP contribution in [0.15, 0.2) is 82.6 Å². The molecule has 0 unspecified atom stereocenters. The number of hydrogen-bond acceptors (Lipinski definition) is 8. The van der Waals surface area contributed by atoms with Crippen molar-refractivity contribution in [2.45, 2.75) is 56.7 Å². The fraction of sp³-hybridized carbons (Fsp3) is 0.212. The third-order valence-corrected chi connectivity index (χ3v) is 10.3. The van der Waals surface area contributed by atoms with Crippen LogP contribution in [0.1, 0.15) is 63.7 Å². The molecule has 0 saturated heterocycles. The van der Waals surface area contributed by atoms with Crippen LogP contribution in [0.2, 0.25) is 0 Å². The number of sulfonamides is 2. The van der Waals surface area contributed by atoms with E-state index in [9.17, 15) is 36.6 Å². The Hall–Kier alpha value is -4.88. The molecule has 0 amide bonds. The highest BCUT2D eigenvalue weighted by Crippen LogP contribution is 2.32. The summed E-state index contributed by atoms with van der Waals surface area (Å²) in [4.78, 5) is 25.0. The molecule has 4 aromatic carbocycles. The van der Waals surface area contributed by atoms with E-state index in [2.05, 4.69) is 9.44 Å². The first-order chi connectivity index (χ1) is 21.3. The number of ether oxygens (including phenoxy) is 1. The molecule has 0 saturated carbocycles. The van der Waals surface area contributed by atoms with E-state index < -0.39 is 54.6 Å². The van der Waals surface area contributed by atoms with Gasteiger partial charge in [0.2, 0.25) is 0 Å². The molecule has 13 heteroatoms. The predicted molar refractivity (Wildman–Crippen MR) is 174 cm³/mol. The number of aromatic carboxylic acids is 1. The standard InChI is InChI=1S/C33H34N2O9S2/c1-19-9-7-8-10-29(19)45(40,41)34-23-11-13-25(27(36)17-23)32(39)44-28-18-24(12-14-26(28)31(37)38)35-46(42,43)30-20(2)15-22(16-21(30)3)33(4,5)6/h7-18,34-36H,1-6H3,(H,37,38). The van der Waals surface area contributed by atoms with Crippen molar-refractivity contribution in [2.24, 2.45) is 0 Å². The highest BCUT2D eigenvalue weighted by atomic mass is 32.2. The zero-order chi connectivity index (χ0) is 34.2. The highest BCUT2D eigenvalue weighted by Gasteiger charge is 2.25. The van der Waals surface area contributed by atoms with E-state index in [4.69, 9.17) is 4.74 Å². The number of phenolic OH excluding ortho intramolecular Hbond substituents is 1. The van der Waals surface area contributed by atoms with E-state index in [0.29, 0.717) is 16.7 Å². The summed E-state index contributed by atoms with van der Waals surface area (Å²) in [5.41, 5.74) is 1.34. The molecule has 0 aliphatic heterocycles. The molecule has 0 aliphatic rings. The summed E-state index contributed by atoms with van der Waals surface area (Å²) in [5.74, 6) is -3.75. The van der Waals surface area contributed by atoms with Gasteiger partial charge in [0.15, 0.2) is 0 Å². The molecule has 0 aliphatic carbocycles. The number of aromatic hydroxyl groups is 1. The number of rotatable bonds is 9. The van der Waals surface area contributed by atoms with Gasteiger partial charge >= 0.3 is 11.9 Å². The zero-order valence-electron chi connectivity index (χ0n) is 26.0. The van der Waals surface area contributed by atoms with Gasteiger partial charge in [0.05, 0.1) is 21.2 Å². The van der Waals surface area contributed by atoms with Crippen LogP contribution in [0, 0.1) is 20.8 Å². The minimum Gasteiger partial charge on any atom is -0.507 e. The van der Waals surface area contributed by atoms with Crippen LogP contribution in [0.25, 0.3) is 0 Å². The first kappa shape index (κ1) is 34.0. The summed E-state index contributed by atoms with van der Waals surface area (Å²) in [6.45, 7) is 11.0. The minimum atomic E-state index is -4.15. The van der Waals surface area contributed by atoms with Crippen molar-refractivity contribution in [3.8, 4) is 11.5 Å². The molecule has 4 N–H and O–H groups in total. The first-order valence-corrected chi connectivity index (χ1v) is 16.9. The van der Waals surface area contributed by atoms with Crippen LogP contribution in [0.3, 0.4) is 0 Å². The quantitative estimate of drug-likeness (QED) is 0.121. The number of hydrogen-bond donors (Lipinski definition) is 4. The summed E-state index contributed by atoms with van der Waals surface area (Å²) < 4.78 is 62.6. The number of benzene rings is 4. The van der Waals surface area contributed by atoms with Crippen molar-refractivity contribution in [2.75, 3.05) is 9.44 Å². The highest BCUT2D eigenvalue weighted by molar-refractivity contribution is 7.93. The lowest BCUT2D eigenvalue weighted by Gasteiger charge is -2.22. The molecular weight excluding hydrogens is 633 g/mol. The fourth-order valence-corrected chi connectivity index (χ4v) is 7.65. The average Bonchev–Trinajstić information content (AvgIpc) is 2.91. The Morgan fingerprint density at radius 3 is 1.80 bits per heavy atom. The molecule has 0 bridgehead atoms. The Kier molecular flexibility index (Phi) is 9.23. The van der Waals surface area contributed by atoms with E-state index in [1.807, 2.05) is 20.8 Å². The third-order valence-electron chi connectivity index (χ3n) is 7.11. The number of anilines is 2. The lowest BCUT2D eigenvalue weighted by molar-refractivity contribution is 0.0681. The van der Waals surface area contributed by atoms with Crippen molar-refractivity contribution in [1.29, 1.82) is 0 Å². The second-order valence-corrected chi connectivity index (χ2v) is 15.1. The molecule has 0 spiro atoms. The van der Waals surface area contributed by atoms with Gasteiger partial charge in [-0.3, -0.25) is 9.44 Å². The van der Waals surface area contributed by atoms with Crippen LogP contribution < -0.4 is 14.2 Å². The Labute approximate surface area is 268 Å². The summed E-state index contributed by atoms with van der Waals surface area (Å²) in [6, 6.07) is 16.6. The molecule has 11 nitrogen and oxygen atoms in total. The van der Waals surface area contributed by atoms with Gasteiger partial charge in [0, 0.05) is 12.1 Å². The first-order valence-electron chi connectivity index (χ1n) is 14.0. The number of phenols is 1. The van der Waals surface area contributed by atoms with Gasteiger partial charge in [-0.15, -0.1) is 0 Å². The van der Waals surface area contributed by atoms with Crippen LogP contribution in [0.4, 0.5) is 11.4 Å². The molecule has 0 atom stereocenters. The normalized spacial score (nSPS) is 12.0. The van der Waals surface area contributed by atoms with Crippen LogP contribution in [-0.4, -0.2) is 39.0 Å². The van der Waals surface area contributed by atoms with Crippen molar-refractivity contribution < 1.29 is 41.4 Å². The maximum absolute atomic E-state index is 13.4. The molecule has 242 valence electrons. The number of carbonyl (C=O) groups is 2. The van der Waals surface area contributed by atoms with Crippen molar-refractivity contribution in [1.82, 2.24) is 0 Å². The number of nitrogens with one attached hydrogen (secondary N) is 2. The second-order valence-electron chi connectivity index (χ2n) is 11.8. The maximum Gasteiger partial charge on any atom is 0.347 e. The van der Waals surface area contributed by atoms with Crippen LogP contribution in [0.5, 0.6) is 11.5 Å². The van der Waals surface area contributed by atoms with Gasteiger partial charge in [-0.1, -0.05) is 51.1 Å². The minimum absolute atomic E-state index is 0.0296. The molecule has 0 heterocycles. The molecule has 46 heavy (non-hydrogen) atoms. The van der Waals surface area contributed by atoms with Gasteiger partial charge in [0.1, 0.15) is 22.6 Å². The van der Waals surface area contributed by atoms with Crippen LogP contribution >= 0.6 is 0 Å². The van der Waals surface area contributed by atoms with E-state index in [0.717, 1.165) is 29.8 Å². The number of esters is 1. The Balaban J connectivity index is 1.60. The predicted octanol–water partition coefficient (Wildman–Crippen LogP) is 6.13. The van der Waals surface area contributed by atoms with E-state index in [1.54, 1.807) is 51.1 Å². The monoisotopic (exact) mass is 666 g/mol. The average molecular weight is 667 g/mol. The Bertz CT molecular complexity index is 2060. The summed E-state index contributed by atoms with van der Waals surface area (Å²) in [6.07, 6.45) is 0. The van der Waals surface area contributed by atoms with Gasteiger partial charge in [0.25, 0.3) is 20.0 Å². The topological polar surface area (TPSA) is 176 Å². The summed E-state index contributed by atoms with van der Waals surface area (Å²) >= 11 is 0. The summed E-state index contributed by atoms with van der Waals surface area (Å²) in [7, 11) is -8.16. The number of aryl methyl sites for hydroxylation is 3. The molecular formula is C33H34N2O9S2. The number of carbonyl (C=O) groups excluding carboxylic acids is 1. The molecule has 0 radical (unpaired) electrons. The van der Waals surface area contributed by atoms with Gasteiger partial charge in [-0.05, 0) is 78.8 Å². The Morgan fingerprint density at radius 1 is 0.717 bits per heavy atom. The zero-order valence-corrected chi connectivity index (χ0v) is 27.6. The molecule has 4 rings (SSSR count). The van der Waals surface area contributed by atoms with Crippen molar-refractivity contribution >= 4 is 43.4 Å².